The van der Waals surface area contributed by atoms with E-state index in [0.29, 0.717) is 13.2 Å². The zero-order valence-electron chi connectivity index (χ0n) is 18.8. The molecule has 3 aromatic carbocycles. The van der Waals surface area contributed by atoms with Crippen LogP contribution in [0.5, 0.6) is 5.75 Å². The van der Waals surface area contributed by atoms with Crippen molar-refractivity contribution in [3.8, 4) is 5.75 Å². The molecule has 1 N–H and O–H groups in total. The number of hydrogen-bond acceptors (Lipinski definition) is 4. The van der Waals surface area contributed by atoms with Crippen LogP contribution in [0.2, 0.25) is 0 Å². The minimum atomic E-state index is -0.119. The van der Waals surface area contributed by atoms with Gasteiger partial charge < -0.3 is 14.8 Å². The van der Waals surface area contributed by atoms with Crippen molar-refractivity contribution in [1.82, 2.24) is 10.2 Å². The molecule has 0 unspecified atom stereocenters. The van der Waals surface area contributed by atoms with Gasteiger partial charge in [-0.05, 0) is 40.5 Å². The first-order chi connectivity index (χ1) is 16.3. The summed E-state index contributed by atoms with van der Waals surface area (Å²) in [5, 5.41) is 3.01. The van der Waals surface area contributed by atoms with E-state index in [0.717, 1.165) is 55.3 Å². The summed E-state index contributed by atoms with van der Waals surface area (Å²) in [6.45, 7) is 5.34. The third-order valence-electron chi connectivity index (χ3n) is 5.60. The van der Waals surface area contributed by atoms with Crippen LogP contribution < -0.4 is 10.1 Å². The standard InChI is InChI=1S/C28H30N2O3/c31-28(29-20-25-10-4-5-11-26(25)21-30-15-17-32-18-16-30)14-13-23-9-6-12-27(19-23)33-22-24-7-2-1-3-8-24/h1-14,19H,15-18,20-22H2,(H,29,31)/b14-13+. The fraction of sp³-hybridized carbons (Fsp3) is 0.250. The van der Waals surface area contributed by atoms with Crippen molar-refractivity contribution in [2.45, 2.75) is 19.7 Å². The van der Waals surface area contributed by atoms with Crippen molar-refractivity contribution < 1.29 is 14.3 Å². The predicted molar refractivity (Wildman–Crippen MR) is 131 cm³/mol. The van der Waals surface area contributed by atoms with Gasteiger partial charge in [0.25, 0.3) is 0 Å². The van der Waals surface area contributed by atoms with Gasteiger partial charge in [0.2, 0.25) is 5.91 Å². The van der Waals surface area contributed by atoms with Crippen LogP contribution >= 0.6 is 0 Å². The van der Waals surface area contributed by atoms with E-state index < -0.39 is 0 Å². The maximum atomic E-state index is 12.4. The van der Waals surface area contributed by atoms with Crippen LogP contribution in [0.4, 0.5) is 0 Å². The third kappa shape index (κ3) is 7.31. The highest BCUT2D eigenvalue weighted by molar-refractivity contribution is 5.91. The van der Waals surface area contributed by atoms with Crippen molar-refractivity contribution in [1.29, 1.82) is 0 Å². The van der Waals surface area contributed by atoms with Crippen LogP contribution in [-0.4, -0.2) is 37.1 Å². The number of hydrogen-bond donors (Lipinski definition) is 1. The number of benzene rings is 3. The highest BCUT2D eigenvalue weighted by Crippen LogP contribution is 2.17. The maximum Gasteiger partial charge on any atom is 0.244 e. The summed E-state index contributed by atoms with van der Waals surface area (Å²) in [4.78, 5) is 14.8. The zero-order chi connectivity index (χ0) is 22.7. The van der Waals surface area contributed by atoms with Crippen molar-refractivity contribution in [2.75, 3.05) is 26.3 Å². The summed E-state index contributed by atoms with van der Waals surface area (Å²) in [6, 6.07) is 26.1. The number of nitrogens with zero attached hydrogens (tertiary/aromatic N) is 1. The van der Waals surface area contributed by atoms with E-state index in [2.05, 4.69) is 22.3 Å². The van der Waals surface area contributed by atoms with Crippen LogP contribution in [0.25, 0.3) is 6.08 Å². The van der Waals surface area contributed by atoms with Crippen molar-refractivity contribution in [3.63, 3.8) is 0 Å². The average molecular weight is 443 g/mol. The lowest BCUT2D eigenvalue weighted by molar-refractivity contribution is -0.116. The summed E-state index contributed by atoms with van der Waals surface area (Å²) >= 11 is 0. The van der Waals surface area contributed by atoms with E-state index in [1.165, 1.54) is 5.56 Å². The Morgan fingerprint density at radius 1 is 0.939 bits per heavy atom. The van der Waals surface area contributed by atoms with Gasteiger partial charge in [-0.1, -0.05) is 66.7 Å². The topological polar surface area (TPSA) is 50.8 Å². The van der Waals surface area contributed by atoms with Crippen LogP contribution in [-0.2, 0) is 29.2 Å². The first-order valence-electron chi connectivity index (χ1n) is 11.4. The molecule has 1 fully saturated rings. The normalized spacial score (nSPS) is 14.3. The summed E-state index contributed by atoms with van der Waals surface area (Å²) in [6.07, 6.45) is 3.38. The number of amides is 1. The Bertz CT molecular complexity index is 1060. The lowest BCUT2D eigenvalue weighted by Gasteiger charge is -2.27. The molecule has 0 radical (unpaired) electrons. The molecular weight excluding hydrogens is 412 g/mol. The van der Waals surface area contributed by atoms with Crippen molar-refractivity contribution >= 4 is 12.0 Å². The van der Waals surface area contributed by atoms with Gasteiger partial charge in [-0.3, -0.25) is 9.69 Å². The molecule has 0 aromatic heterocycles. The quantitative estimate of drug-likeness (QED) is 0.498. The summed E-state index contributed by atoms with van der Waals surface area (Å²) in [5.74, 6) is 0.658. The molecule has 0 atom stereocenters. The Labute approximate surface area is 195 Å². The van der Waals surface area contributed by atoms with E-state index in [1.807, 2.05) is 72.8 Å². The van der Waals surface area contributed by atoms with E-state index in [1.54, 1.807) is 6.08 Å². The number of rotatable bonds is 9. The Hall–Kier alpha value is -3.41. The number of ether oxygens (including phenoxy) is 2. The minimum absolute atomic E-state index is 0.119. The highest BCUT2D eigenvalue weighted by atomic mass is 16.5. The molecule has 0 bridgehead atoms. The molecule has 33 heavy (non-hydrogen) atoms. The maximum absolute atomic E-state index is 12.4. The molecule has 1 heterocycles. The van der Waals surface area contributed by atoms with Gasteiger partial charge in [0.05, 0.1) is 13.2 Å². The Kier molecular flexibility index (Phi) is 8.28. The highest BCUT2D eigenvalue weighted by Gasteiger charge is 2.12. The molecular formula is C28H30N2O3. The molecule has 170 valence electrons. The molecule has 1 saturated heterocycles. The number of nitrogens with one attached hydrogen (secondary N) is 1. The third-order valence-corrected chi connectivity index (χ3v) is 5.60. The summed E-state index contributed by atoms with van der Waals surface area (Å²) < 4.78 is 11.3. The lowest BCUT2D eigenvalue weighted by atomic mass is 10.1. The summed E-state index contributed by atoms with van der Waals surface area (Å²) in [5.41, 5.74) is 4.42. The average Bonchev–Trinajstić information content (AvgIpc) is 2.87. The van der Waals surface area contributed by atoms with Crippen LogP contribution in [0.3, 0.4) is 0 Å². The van der Waals surface area contributed by atoms with E-state index in [4.69, 9.17) is 9.47 Å². The molecule has 0 spiro atoms. The second-order valence-corrected chi connectivity index (χ2v) is 8.06. The molecule has 0 aliphatic carbocycles. The van der Waals surface area contributed by atoms with E-state index >= 15 is 0 Å². The fourth-order valence-electron chi connectivity index (χ4n) is 3.75. The van der Waals surface area contributed by atoms with Gasteiger partial charge in [0.15, 0.2) is 0 Å². The van der Waals surface area contributed by atoms with E-state index in [9.17, 15) is 4.79 Å². The molecule has 1 aliphatic heterocycles. The second-order valence-electron chi connectivity index (χ2n) is 8.06. The van der Waals surface area contributed by atoms with Crippen LogP contribution in [0.1, 0.15) is 22.3 Å². The Morgan fingerprint density at radius 3 is 2.52 bits per heavy atom. The fourth-order valence-corrected chi connectivity index (χ4v) is 3.75. The SMILES string of the molecule is O=C(/C=C/c1cccc(OCc2ccccc2)c1)NCc1ccccc1CN1CCOCC1. The number of carbonyl (C=O) groups is 1. The predicted octanol–water partition coefficient (Wildman–Crippen LogP) is 4.43. The minimum Gasteiger partial charge on any atom is -0.489 e. The molecule has 4 rings (SSSR count). The molecule has 5 heteroatoms. The smallest absolute Gasteiger partial charge is 0.244 e. The van der Waals surface area contributed by atoms with Gasteiger partial charge in [-0.15, -0.1) is 0 Å². The van der Waals surface area contributed by atoms with Crippen LogP contribution in [0, 0.1) is 0 Å². The molecule has 1 aliphatic rings. The van der Waals surface area contributed by atoms with Gasteiger partial charge in [-0.25, -0.2) is 0 Å². The Morgan fingerprint density at radius 2 is 1.70 bits per heavy atom. The van der Waals surface area contributed by atoms with Gasteiger partial charge in [0, 0.05) is 32.3 Å². The van der Waals surface area contributed by atoms with E-state index in [-0.39, 0.29) is 5.91 Å². The number of carbonyl (C=O) groups excluding carboxylic acids is 1. The lowest BCUT2D eigenvalue weighted by Crippen LogP contribution is -2.36. The Balaban J connectivity index is 1.29. The summed E-state index contributed by atoms with van der Waals surface area (Å²) in [7, 11) is 0. The first kappa shape index (κ1) is 22.8. The molecule has 3 aromatic rings. The van der Waals surface area contributed by atoms with Gasteiger partial charge in [0.1, 0.15) is 12.4 Å². The zero-order valence-corrected chi connectivity index (χ0v) is 18.8. The van der Waals surface area contributed by atoms with Crippen LogP contribution in [0.15, 0.2) is 84.9 Å². The largest absolute Gasteiger partial charge is 0.489 e. The molecule has 1 amide bonds. The molecule has 0 saturated carbocycles. The molecule has 5 nitrogen and oxygen atoms in total. The van der Waals surface area contributed by atoms with Crippen molar-refractivity contribution in [2.24, 2.45) is 0 Å². The van der Waals surface area contributed by atoms with Gasteiger partial charge >= 0.3 is 0 Å². The van der Waals surface area contributed by atoms with Gasteiger partial charge in [-0.2, -0.15) is 0 Å². The number of morpholine rings is 1. The second kappa shape index (κ2) is 12.0. The first-order valence-corrected chi connectivity index (χ1v) is 11.4. The van der Waals surface area contributed by atoms with Crippen molar-refractivity contribution in [3.05, 3.63) is 107 Å². The monoisotopic (exact) mass is 442 g/mol.